The molecule has 0 radical (unpaired) electrons. The van der Waals surface area contributed by atoms with E-state index < -0.39 is 19.9 Å². The SMILES string of the molecule is O=S1(=O)CCC(N(N=C2c3ccccc3-c3ccc(NS(=O)(=O)c4ccccc4)cc32)c2ccccc2)C1. The summed E-state index contributed by atoms with van der Waals surface area (Å²) in [5, 5.41) is 6.89. The topological polar surface area (TPSA) is 95.9 Å². The highest BCUT2D eigenvalue weighted by atomic mass is 32.2. The van der Waals surface area contributed by atoms with E-state index in [1.807, 2.05) is 65.7 Å². The molecule has 1 atom stereocenters. The Morgan fingerprint density at radius 2 is 1.39 bits per heavy atom. The number of sulfonamides is 1. The molecular weight excluding hydrogens is 518 g/mol. The third-order valence-electron chi connectivity index (χ3n) is 6.84. The minimum Gasteiger partial charge on any atom is -0.280 e. The van der Waals surface area contributed by atoms with Gasteiger partial charge in [0.2, 0.25) is 0 Å². The average molecular weight is 544 g/mol. The van der Waals surface area contributed by atoms with Crippen LogP contribution in [-0.4, -0.2) is 40.1 Å². The zero-order valence-electron chi connectivity index (χ0n) is 20.4. The van der Waals surface area contributed by atoms with E-state index in [0.717, 1.165) is 27.9 Å². The van der Waals surface area contributed by atoms with Gasteiger partial charge in [-0.05, 0) is 53.9 Å². The highest BCUT2D eigenvalue weighted by Gasteiger charge is 2.34. The van der Waals surface area contributed by atoms with E-state index in [-0.39, 0.29) is 22.4 Å². The predicted molar refractivity (Wildman–Crippen MR) is 151 cm³/mol. The number of nitrogens with one attached hydrogen (secondary N) is 1. The lowest BCUT2D eigenvalue weighted by atomic mass is 10.1. The molecule has 4 aromatic rings. The van der Waals surface area contributed by atoms with E-state index in [9.17, 15) is 16.8 Å². The van der Waals surface area contributed by atoms with Gasteiger partial charge in [0, 0.05) is 16.8 Å². The summed E-state index contributed by atoms with van der Waals surface area (Å²) in [6.07, 6.45) is 0.486. The van der Waals surface area contributed by atoms with Crippen molar-refractivity contribution in [3.63, 3.8) is 0 Å². The lowest BCUT2D eigenvalue weighted by molar-refractivity contribution is 0.599. The highest BCUT2D eigenvalue weighted by Crippen LogP contribution is 2.39. The van der Waals surface area contributed by atoms with Gasteiger partial charge in [0.1, 0.15) is 0 Å². The standard InChI is InChI=1S/C29H25N3O4S2/c33-37(34)18-17-23(20-37)32(22-9-3-1-4-10-22)30-29-27-14-8-7-13-25(27)26-16-15-21(19-28(26)29)31-38(35,36)24-11-5-2-6-12-24/h1-16,19,23,31H,17-18,20H2. The summed E-state index contributed by atoms with van der Waals surface area (Å²) in [5.41, 5.74) is 5.51. The van der Waals surface area contributed by atoms with Crippen LogP contribution in [-0.2, 0) is 19.9 Å². The van der Waals surface area contributed by atoms with Crippen molar-refractivity contribution in [1.29, 1.82) is 0 Å². The van der Waals surface area contributed by atoms with E-state index in [1.54, 1.807) is 42.5 Å². The third-order valence-corrected chi connectivity index (χ3v) is 9.98. The van der Waals surface area contributed by atoms with Crippen LogP contribution >= 0.6 is 0 Å². The van der Waals surface area contributed by atoms with Crippen LogP contribution < -0.4 is 9.73 Å². The second-order valence-corrected chi connectivity index (χ2v) is 13.3. The molecule has 4 aromatic carbocycles. The molecule has 0 aromatic heterocycles. The Hall–Kier alpha value is -3.95. The van der Waals surface area contributed by atoms with Crippen molar-refractivity contribution in [1.82, 2.24) is 0 Å². The third kappa shape index (κ3) is 4.59. The quantitative estimate of drug-likeness (QED) is 0.307. The molecule has 1 aliphatic carbocycles. The van der Waals surface area contributed by atoms with Crippen LogP contribution in [0.2, 0.25) is 0 Å². The summed E-state index contributed by atoms with van der Waals surface area (Å²) in [4.78, 5) is 0.176. The van der Waals surface area contributed by atoms with Gasteiger partial charge in [-0.15, -0.1) is 0 Å². The largest absolute Gasteiger partial charge is 0.280 e. The molecule has 2 aliphatic rings. The summed E-state index contributed by atoms with van der Waals surface area (Å²) < 4.78 is 53.4. The van der Waals surface area contributed by atoms with Gasteiger partial charge in [-0.3, -0.25) is 9.73 Å². The summed E-state index contributed by atoms with van der Waals surface area (Å²) in [6.45, 7) is 0. The second-order valence-electron chi connectivity index (χ2n) is 9.41. The van der Waals surface area contributed by atoms with Crippen LogP contribution in [0.1, 0.15) is 17.5 Å². The van der Waals surface area contributed by atoms with Crippen molar-refractivity contribution < 1.29 is 16.8 Å². The molecule has 1 saturated heterocycles. The molecule has 7 nitrogen and oxygen atoms in total. The molecule has 1 fully saturated rings. The molecule has 0 amide bonds. The first-order chi connectivity index (χ1) is 18.3. The van der Waals surface area contributed by atoms with Crippen LogP contribution in [0.15, 0.2) is 113 Å². The lowest BCUT2D eigenvalue weighted by Crippen LogP contribution is -2.33. The summed E-state index contributed by atoms with van der Waals surface area (Å²) in [7, 11) is -6.92. The van der Waals surface area contributed by atoms with E-state index >= 15 is 0 Å². The molecule has 0 spiro atoms. The van der Waals surface area contributed by atoms with Crippen LogP contribution in [0.5, 0.6) is 0 Å². The first-order valence-electron chi connectivity index (χ1n) is 12.3. The van der Waals surface area contributed by atoms with E-state index in [2.05, 4.69) is 4.72 Å². The Labute approximate surface area is 222 Å². The molecule has 6 rings (SSSR count). The molecule has 1 unspecified atom stereocenters. The predicted octanol–water partition coefficient (Wildman–Crippen LogP) is 4.91. The van der Waals surface area contributed by atoms with Crippen molar-refractivity contribution in [2.24, 2.45) is 5.10 Å². The van der Waals surface area contributed by atoms with Gasteiger partial charge in [-0.1, -0.05) is 66.7 Å². The highest BCUT2D eigenvalue weighted by molar-refractivity contribution is 7.92. The maximum atomic E-state index is 13.0. The van der Waals surface area contributed by atoms with Gasteiger partial charge in [0.05, 0.1) is 33.8 Å². The van der Waals surface area contributed by atoms with Gasteiger partial charge in [-0.2, -0.15) is 5.10 Å². The van der Waals surface area contributed by atoms with Gasteiger partial charge in [-0.25, -0.2) is 16.8 Å². The summed E-state index contributed by atoms with van der Waals surface area (Å²) >= 11 is 0. The Morgan fingerprint density at radius 3 is 2.08 bits per heavy atom. The Morgan fingerprint density at radius 1 is 0.763 bits per heavy atom. The van der Waals surface area contributed by atoms with Crippen molar-refractivity contribution in [3.8, 4) is 11.1 Å². The minimum absolute atomic E-state index is 0.0318. The molecule has 9 heteroatoms. The zero-order valence-corrected chi connectivity index (χ0v) is 22.0. The maximum Gasteiger partial charge on any atom is 0.261 e. The van der Waals surface area contributed by atoms with Crippen LogP contribution in [0, 0.1) is 0 Å². The number of hydrogen-bond acceptors (Lipinski definition) is 6. The zero-order chi connectivity index (χ0) is 26.3. The normalized spacial score (nSPS) is 18.6. The van der Waals surface area contributed by atoms with Crippen LogP contribution in [0.3, 0.4) is 0 Å². The molecule has 1 N–H and O–H groups in total. The van der Waals surface area contributed by atoms with Crippen molar-refractivity contribution in [2.75, 3.05) is 21.2 Å². The van der Waals surface area contributed by atoms with Crippen molar-refractivity contribution >= 4 is 36.9 Å². The minimum atomic E-state index is -3.77. The molecular formula is C29H25N3O4S2. The number of hydrazone groups is 1. The molecule has 0 bridgehead atoms. The Balaban J connectivity index is 1.46. The molecule has 192 valence electrons. The van der Waals surface area contributed by atoms with Crippen LogP contribution in [0.25, 0.3) is 11.1 Å². The molecule has 0 saturated carbocycles. The number of nitrogens with zero attached hydrogens (tertiary/aromatic N) is 2. The summed E-state index contributed by atoms with van der Waals surface area (Å²) in [5.74, 6) is 0.161. The first-order valence-corrected chi connectivity index (χ1v) is 15.6. The molecule has 1 heterocycles. The molecule has 1 aliphatic heterocycles. The number of benzene rings is 4. The second kappa shape index (κ2) is 9.41. The van der Waals surface area contributed by atoms with E-state index in [4.69, 9.17) is 5.10 Å². The van der Waals surface area contributed by atoms with Gasteiger partial charge in [0.15, 0.2) is 9.84 Å². The number of hydrogen-bond donors (Lipinski definition) is 1. The first kappa shape index (κ1) is 24.4. The lowest BCUT2D eigenvalue weighted by Gasteiger charge is -2.26. The van der Waals surface area contributed by atoms with E-state index in [1.165, 1.54) is 0 Å². The van der Waals surface area contributed by atoms with Gasteiger partial charge >= 0.3 is 0 Å². The number of para-hydroxylation sites is 1. The van der Waals surface area contributed by atoms with Gasteiger partial charge < -0.3 is 0 Å². The van der Waals surface area contributed by atoms with Crippen LogP contribution in [0.4, 0.5) is 11.4 Å². The van der Waals surface area contributed by atoms with Crippen molar-refractivity contribution in [2.45, 2.75) is 17.4 Å². The molecule has 38 heavy (non-hydrogen) atoms. The fourth-order valence-electron chi connectivity index (χ4n) is 5.04. The van der Waals surface area contributed by atoms with E-state index in [0.29, 0.717) is 17.8 Å². The fourth-order valence-corrected chi connectivity index (χ4v) is 7.80. The van der Waals surface area contributed by atoms with Gasteiger partial charge in [0.25, 0.3) is 10.0 Å². The number of anilines is 2. The Bertz CT molecular complexity index is 1750. The number of fused-ring (bicyclic) bond motifs is 3. The smallest absolute Gasteiger partial charge is 0.261 e. The Kier molecular flexibility index (Phi) is 6.04. The fraction of sp³-hybridized carbons (Fsp3) is 0.138. The summed E-state index contributed by atoms with van der Waals surface area (Å²) in [6, 6.07) is 30.8. The number of rotatable bonds is 6. The maximum absolute atomic E-state index is 13.0. The number of sulfone groups is 1. The average Bonchev–Trinajstić information content (AvgIpc) is 3.44. The monoisotopic (exact) mass is 543 g/mol. The van der Waals surface area contributed by atoms with Crippen molar-refractivity contribution in [3.05, 3.63) is 114 Å².